The van der Waals surface area contributed by atoms with E-state index in [-0.39, 0.29) is 12.5 Å². The van der Waals surface area contributed by atoms with E-state index in [1.165, 1.54) is 0 Å². The van der Waals surface area contributed by atoms with E-state index in [4.69, 9.17) is 11.6 Å². The lowest BCUT2D eigenvalue weighted by atomic mass is 10.1. The summed E-state index contributed by atoms with van der Waals surface area (Å²) in [6.45, 7) is 4.56. The number of aryl methyl sites for hydroxylation is 2. The molecule has 1 heterocycles. The predicted molar refractivity (Wildman–Crippen MR) is 81.2 cm³/mol. The standard InChI is InChI=1S/C15H18ClN3O2/c1-3-19-14(16)13(10(2)18-19)15(21)17-8-11-6-4-5-7-12(11)9-20/h4-7,20H,3,8-9H2,1-2H3,(H,17,21). The predicted octanol–water partition coefficient (Wildman–Crippen LogP) is 2.29. The zero-order valence-electron chi connectivity index (χ0n) is 12.1. The number of aliphatic hydroxyl groups excluding tert-OH is 1. The molecular formula is C15H18ClN3O2. The van der Waals surface area contributed by atoms with E-state index in [2.05, 4.69) is 10.4 Å². The highest BCUT2D eigenvalue weighted by Crippen LogP contribution is 2.19. The van der Waals surface area contributed by atoms with Crippen LogP contribution in [0.15, 0.2) is 24.3 Å². The maximum atomic E-state index is 12.3. The average Bonchev–Trinajstić information content (AvgIpc) is 2.79. The van der Waals surface area contributed by atoms with Gasteiger partial charge in [-0.3, -0.25) is 9.48 Å². The van der Waals surface area contributed by atoms with Crippen LogP contribution < -0.4 is 5.32 Å². The molecular weight excluding hydrogens is 290 g/mol. The van der Waals surface area contributed by atoms with Gasteiger partial charge < -0.3 is 10.4 Å². The number of nitrogens with zero attached hydrogens (tertiary/aromatic N) is 2. The molecule has 0 saturated heterocycles. The third kappa shape index (κ3) is 3.25. The van der Waals surface area contributed by atoms with Crippen molar-refractivity contribution in [3.8, 4) is 0 Å². The molecule has 2 aromatic rings. The fourth-order valence-corrected chi connectivity index (χ4v) is 2.55. The second-order valence-corrected chi connectivity index (χ2v) is 5.03. The van der Waals surface area contributed by atoms with E-state index in [0.29, 0.717) is 29.5 Å². The maximum absolute atomic E-state index is 12.3. The normalized spacial score (nSPS) is 10.7. The number of hydrogen-bond acceptors (Lipinski definition) is 3. The number of nitrogens with one attached hydrogen (secondary N) is 1. The second-order valence-electron chi connectivity index (χ2n) is 4.68. The molecule has 2 rings (SSSR count). The van der Waals surface area contributed by atoms with Gasteiger partial charge in [-0.1, -0.05) is 35.9 Å². The van der Waals surface area contributed by atoms with Gasteiger partial charge in [0.05, 0.1) is 17.9 Å². The van der Waals surface area contributed by atoms with Crippen LogP contribution in [0.2, 0.25) is 5.15 Å². The molecule has 112 valence electrons. The number of aromatic nitrogens is 2. The Kier molecular flexibility index (Phi) is 4.98. The molecule has 0 atom stereocenters. The molecule has 6 heteroatoms. The van der Waals surface area contributed by atoms with Gasteiger partial charge in [0, 0.05) is 13.1 Å². The summed E-state index contributed by atoms with van der Waals surface area (Å²) in [5, 5.41) is 16.7. The van der Waals surface area contributed by atoms with Crippen molar-refractivity contribution >= 4 is 17.5 Å². The molecule has 0 aliphatic heterocycles. The Balaban J connectivity index is 2.14. The third-order valence-electron chi connectivity index (χ3n) is 3.32. The molecule has 1 aromatic heterocycles. The van der Waals surface area contributed by atoms with Crippen molar-refractivity contribution in [1.82, 2.24) is 15.1 Å². The Morgan fingerprint density at radius 1 is 1.38 bits per heavy atom. The number of halogens is 1. The van der Waals surface area contributed by atoms with E-state index in [1.54, 1.807) is 11.6 Å². The third-order valence-corrected chi connectivity index (χ3v) is 3.70. The molecule has 0 aliphatic carbocycles. The number of rotatable bonds is 5. The Morgan fingerprint density at radius 3 is 2.62 bits per heavy atom. The summed E-state index contributed by atoms with van der Waals surface area (Å²) in [4.78, 5) is 12.3. The van der Waals surface area contributed by atoms with E-state index in [9.17, 15) is 9.90 Å². The van der Waals surface area contributed by atoms with Crippen LogP contribution in [0.3, 0.4) is 0 Å². The minimum atomic E-state index is -0.259. The number of aliphatic hydroxyl groups is 1. The summed E-state index contributed by atoms with van der Waals surface area (Å²) < 4.78 is 1.59. The second kappa shape index (κ2) is 6.74. The topological polar surface area (TPSA) is 67.2 Å². The summed E-state index contributed by atoms with van der Waals surface area (Å²) in [5.74, 6) is -0.259. The largest absolute Gasteiger partial charge is 0.392 e. The summed E-state index contributed by atoms with van der Waals surface area (Å²) in [6, 6.07) is 7.42. The number of carbonyl (C=O) groups is 1. The summed E-state index contributed by atoms with van der Waals surface area (Å²) in [6.07, 6.45) is 0. The quantitative estimate of drug-likeness (QED) is 0.890. The van der Waals surface area contributed by atoms with Gasteiger partial charge in [0.25, 0.3) is 5.91 Å². The lowest BCUT2D eigenvalue weighted by Crippen LogP contribution is -2.24. The van der Waals surface area contributed by atoms with Gasteiger partial charge in [0.1, 0.15) is 5.15 Å². The minimum absolute atomic E-state index is 0.0560. The summed E-state index contributed by atoms with van der Waals surface area (Å²) >= 11 is 6.16. The molecule has 2 N–H and O–H groups in total. The highest BCUT2D eigenvalue weighted by atomic mass is 35.5. The zero-order valence-corrected chi connectivity index (χ0v) is 12.8. The Hall–Kier alpha value is -1.85. The van der Waals surface area contributed by atoms with E-state index >= 15 is 0 Å². The summed E-state index contributed by atoms with van der Waals surface area (Å²) in [7, 11) is 0. The Bertz CT molecular complexity index is 652. The molecule has 21 heavy (non-hydrogen) atoms. The first-order valence-corrected chi connectivity index (χ1v) is 7.15. The van der Waals surface area contributed by atoms with Crippen molar-refractivity contribution in [3.05, 3.63) is 51.8 Å². The van der Waals surface area contributed by atoms with Crippen molar-refractivity contribution in [2.75, 3.05) is 0 Å². The summed E-state index contributed by atoms with van der Waals surface area (Å²) in [5.41, 5.74) is 2.68. The number of hydrogen-bond donors (Lipinski definition) is 2. The molecule has 0 saturated carbocycles. The van der Waals surface area contributed by atoms with Gasteiger partial charge in [-0.15, -0.1) is 0 Å². The van der Waals surface area contributed by atoms with Crippen molar-refractivity contribution in [1.29, 1.82) is 0 Å². The van der Waals surface area contributed by atoms with Crippen molar-refractivity contribution in [2.45, 2.75) is 33.5 Å². The monoisotopic (exact) mass is 307 g/mol. The van der Waals surface area contributed by atoms with Crippen LogP contribution in [-0.4, -0.2) is 20.8 Å². The molecule has 0 bridgehead atoms. The SMILES string of the molecule is CCn1nc(C)c(C(=O)NCc2ccccc2CO)c1Cl. The van der Waals surface area contributed by atoms with E-state index in [0.717, 1.165) is 11.1 Å². The van der Waals surface area contributed by atoms with Gasteiger partial charge in [0.15, 0.2) is 0 Å². The van der Waals surface area contributed by atoms with Gasteiger partial charge >= 0.3 is 0 Å². The minimum Gasteiger partial charge on any atom is -0.392 e. The van der Waals surface area contributed by atoms with Crippen LogP contribution >= 0.6 is 11.6 Å². The van der Waals surface area contributed by atoms with Gasteiger partial charge in [-0.2, -0.15) is 5.10 Å². The smallest absolute Gasteiger partial charge is 0.256 e. The molecule has 0 radical (unpaired) electrons. The van der Waals surface area contributed by atoms with Gasteiger partial charge in [-0.05, 0) is 25.0 Å². The molecule has 0 aliphatic rings. The van der Waals surface area contributed by atoms with Crippen LogP contribution in [0.25, 0.3) is 0 Å². The first-order chi connectivity index (χ1) is 10.1. The van der Waals surface area contributed by atoms with Crippen molar-refractivity contribution in [2.24, 2.45) is 0 Å². The number of carbonyl (C=O) groups excluding carboxylic acids is 1. The Morgan fingerprint density at radius 2 is 2.05 bits per heavy atom. The first-order valence-electron chi connectivity index (χ1n) is 6.77. The van der Waals surface area contributed by atoms with Crippen LogP contribution in [-0.2, 0) is 19.7 Å². The number of amides is 1. The zero-order chi connectivity index (χ0) is 15.4. The van der Waals surface area contributed by atoms with Crippen LogP contribution in [0.4, 0.5) is 0 Å². The Labute approximate surface area is 128 Å². The highest BCUT2D eigenvalue weighted by molar-refractivity contribution is 6.33. The molecule has 0 fully saturated rings. The molecule has 5 nitrogen and oxygen atoms in total. The first kappa shape index (κ1) is 15.5. The highest BCUT2D eigenvalue weighted by Gasteiger charge is 2.19. The fraction of sp³-hybridized carbons (Fsp3) is 0.333. The lowest BCUT2D eigenvalue weighted by molar-refractivity contribution is 0.0950. The lowest BCUT2D eigenvalue weighted by Gasteiger charge is -2.09. The van der Waals surface area contributed by atoms with Crippen LogP contribution in [0.1, 0.15) is 34.1 Å². The fourth-order valence-electron chi connectivity index (χ4n) is 2.17. The van der Waals surface area contributed by atoms with Crippen LogP contribution in [0, 0.1) is 6.92 Å². The maximum Gasteiger partial charge on any atom is 0.256 e. The van der Waals surface area contributed by atoms with Crippen molar-refractivity contribution in [3.63, 3.8) is 0 Å². The molecule has 0 unspecified atom stereocenters. The number of benzene rings is 1. The van der Waals surface area contributed by atoms with E-state index in [1.807, 2.05) is 31.2 Å². The van der Waals surface area contributed by atoms with Crippen LogP contribution in [0.5, 0.6) is 0 Å². The molecule has 1 amide bonds. The molecule has 0 spiro atoms. The van der Waals surface area contributed by atoms with Gasteiger partial charge in [0.2, 0.25) is 0 Å². The van der Waals surface area contributed by atoms with E-state index < -0.39 is 0 Å². The van der Waals surface area contributed by atoms with Crippen molar-refractivity contribution < 1.29 is 9.90 Å². The average molecular weight is 308 g/mol. The molecule has 1 aromatic carbocycles. The van der Waals surface area contributed by atoms with Gasteiger partial charge in [-0.25, -0.2) is 0 Å².